The van der Waals surface area contributed by atoms with Crippen molar-refractivity contribution in [2.45, 2.75) is 72.1 Å². The topological polar surface area (TPSA) is 161 Å². The van der Waals surface area contributed by atoms with Gasteiger partial charge in [0.1, 0.15) is 17.5 Å². The lowest BCUT2D eigenvalue weighted by Gasteiger charge is -2.28. The molecular formula is C24H36N5O9P. The lowest BCUT2D eigenvalue weighted by atomic mass is 10.2. The highest BCUT2D eigenvalue weighted by Gasteiger charge is 2.39. The second-order valence-electron chi connectivity index (χ2n) is 10.2. The molecule has 14 nitrogen and oxygen atoms in total. The summed E-state index contributed by atoms with van der Waals surface area (Å²) in [5.41, 5.74) is -1.29. The SMILES string of the molecule is COP(=O)(OC)C(OC/C=C\Cn1cnc2c(N(C(=O)OC(C)(C)C)C(=O)OC(C)(C)C)ncnc21)C(C)=O. The molecule has 216 valence electrons. The van der Waals surface area contributed by atoms with Crippen LogP contribution < -0.4 is 4.90 Å². The molecule has 1 atom stereocenters. The molecule has 0 spiro atoms. The maximum atomic E-state index is 13.0. The van der Waals surface area contributed by atoms with E-state index in [1.54, 1.807) is 58.3 Å². The minimum atomic E-state index is -3.75. The number of hydrogen-bond acceptors (Lipinski definition) is 12. The van der Waals surface area contributed by atoms with Gasteiger partial charge in [-0.05, 0) is 48.5 Å². The van der Waals surface area contributed by atoms with Crippen molar-refractivity contribution in [3.05, 3.63) is 24.8 Å². The monoisotopic (exact) mass is 569 g/mol. The minimum absolute atomic E-state index is 0.0567. The summed E-state index contributed by atoms with van der Waals surface area (Å²) in [6.07, 6.45) is 3.99. The number of carbonyl (C=O) groups excluding carboxylic acids is 3. The summed E-state index contributed by atoms with van der Waals surface area (Å²) in [6.45, 7) is 11.4. The number of nitrogens with zero attached hydrogens (tertiary/aromatic N) is 5. The van der Waals surface area contributed by atoms with Gasteiger partial charge in [0.2, 0.25) is 5.85 Å². The maximum absolute atomic E-state index is 13.0. The Kier molecular flexibility index (Phi) is 10.5. The van der Waals surface area contributed by atoms with Crippen LogP contribution in [0.4, 0.5) is 15.4 Å². The highest BCUT2D eigenvalue weighted by atomic mass is 31.2. The van der Waals surface area contributed by atoms with Crippen LogP contribution in [0.3, 0.4) is 0 Å². The normalized spacial score (nSPS) is 13.5. The number of imidazole rings is 1. The number of imide groups is 1. The standard InChI is InChI=1S/C24H36N5O9P/c1-16(30)20(39(33,34-8)35-9)36-13-11-10-12-28-15-27-17-18(28)25-14-26-19(17)29(21(31)37-23(2,3)4)22(32)38-24(5,6)7/h10-11,14-15,20H,12-13H2,1-9H3/b11-10-. The van der Waals surface area contributed by atoms with Crippen molar-refractivity contribution < 1.29 is 42.2 Å². The number of rotatable bonds is 10. The molecule has 0 aliphatic carbocycles. The fourth-order valence-electron chi connectivity index (χ4n) is 3.13. The molecule has 15 heteroatoms. The molecule has 0 radical (unpaired) electrons. The molecule has 2 aromatic heterocycles. The van der Waals surface area contributed by atoms with Crippen LogP contribution in [0.25, 0.3) is 11.2 Å². The summed E-state index contributed by atoms with van der Waals surface area (Å²) in [6, 6.07) is 0. The van der Waals surface area contributed by atoms with Crippen LogP contribution in [-0.2, 0) is 39.2 Å². The van der Waals surface area contributed by atoms with Gasteiger partial charge >= 0.3 is 19.8 Å². The first kappa shape index (κ1) is 32.0. The number of aromatic nitrogens is 4. The molecule has 0 aliphatic heterocycles. The van der Waals surface area contributed by atoms with Gasteiger partial charge in [-0.25, -0.2) is 24.5 Å². The van der Waals surface area contributed by atoms with Gasteiger partial charge in [-0.15, -0.1) is 0 Å². The number of allylic oxidation sites excluding steroid dienone is 1. The van der Waals surface area contributed by atoms with Crippen LogP contribution in [0.15, 0.2) is 24.8 Å². The summed E-state index contributed by atoms with van der Waals surface area (Å²) in [7, 11) is -1.41. The Balaban J connectivity index is 2.30. The molecule has 0 aromatic carbocycles. The van der Waals surface area contributed by atoms with Crippen molar-refractivity contribution >= 4 is 42.5 Å². The van der Waals surface area contributed by atoms with E-state index in [1.807, 2.05) is 0 Å². The number of hydrogen-bond donors (Lipinski definition) is 0. The van der Waals surface area contributed by atoms with Gasteiger partial charge in [-0.2, -0.15) is 4.90 Å². The van der Waals surface area contributed by atoms with Crippen molar-refractivity contribution in [3.8, 4) is 0 Å². The van der Waals surface area contributed by atoms with Crippen molar-refractivity contribution in [1.29, 1.82) is 0 Å². The maximum Gasteiger partial charge on any atom is 0.425 e. The van der Waals surface area contributed by atoms with Crippen LogP contribution in [0.5, 0.6) is 0 Å². The van der Waals surface area contributed by atoms with Crippen LogP contribution >= 0.6 is 7.60 Å². The van der Waals surface area contributed by atoms with Gasteiger partial charge in [0.05, 0.1) is 12.9 Å². The Bertz CT molecular complexity index is 1230. The Hall–Kier alpha value is -3.19. The van der Waals surface area contributed by atoms with Crippen LogP contribution in [0, 0.1) is 0 Å². The van der Waals surface area contributed by atoms with Gasteiger partial charge in [-0.1, -0.05) is 12.2 Å². The number of fused-ring (bicyclic) bond motifs is 1. The molecule has 0 saturated carbocycles. The fourth-order valence-corrected chi connectivity index (χ4v) is 4.37. The predicted octanol–water partition coefficient (Wildman–Crippen LogP) is 4.48. The Morgan fingerprint density at radius 3 is 2.03 bits per heavy atom. The molecule has 2 aromatic rings. The molecule has 2 heterocycles. The fraction of sp³-hybridized carbons (Fsp3) is 0.583. The smallest absolute Gasteiger partial charge is 0.425 e. The van der Waals surface area contributed by atoms with Crippen molar-refractivity contribution in [2.75, 3.05) is 25.7 Å². The quantitative estimate of drug-likeness (QED) is 0.292. The van der Waals surface area contributed by atoms with Gasteiger partial charge in [-0.3, -0.25) is 9.36 Å². The molecule has 2 amide bonds. The highest BCUT2D eigenvalue weighted by Crippen LogP contribution is 2.52. The van der Waals surface area contributed by atoms with E-state index in [1.165, 1.54) is 33.8 Å². The minimum Gasteiger partial charge on any atom is -0.443 e. The summed E-state index contributed by atoms with van der Waals surface area (Å²) in [4.78, 5) is 51.3. The number of carbonyl (C=O) groups is 3. The number of amides is 2. The van der Waals surface area contributed by atoms with E-state index in [2.05, 4.69) is 15.0 Å². The van der Waals surface area contributed by atoms with E-state index < -0.39 is 42.6 Å². The molecule has 39 heavy (non-hydrogen) atoms. The molecule has 0 N–H and O–H groups in total. The third kappa shape index (κ3) is 8.65. The van der Waals surface area contributed by atoms with Crippen LogP contribution in [-0.4, -0.2) is 75.4 Å². The average molecular weight is 570 g/mol. The molecule has 0 aliphatic rings. The van der Waals surface area contributed by atoms with E-state index in [0.717, 1.165) is 0 Å². The van der Waals surface area contributed by atoms with Crippen molar-refractivity contribution in [3.63, 3.8) is 0 Å². The molecule has 0 saturated heterocycles. The molecular weight excluding hydrogens is 533 g/mol. The Morgan fingerprint density at radius 1 is 0.974 bits per heavy atom. The van der Waals surface area contributed by atoms with Gasteiger partial charge in [0.25, 0.3) is 0 Å². The zero-order valence-corrected chi connectivity index (χ0v) is 24.6. The number of ether oxygens (including phenoxy) is 3. The third-order valence-electron chi connectivity index (χ3n) is 4.71. The van der Waals surface area contributed by atoms with Gasteiger partial charge < -0.3 is 27.8 Å². The lowest BCUT2D eigenvalue weighted by molar-refractivity contribution is -0.124. The highest BCUT2D eigenvalue weighted by molar-refractivity contribution is 7.55. The zero-order chi connectivity index (χ0) is 29.6. The first-order valence-electron chi connectivity index (χ1n) is 11.9. The van der Waals surface area contributed by atoms with Gasteiger partial charge in [0, 0.05) is 20.8 Å². The predicted molar refractivity (Wildman–Crippen MR) is 141 cm³/mol. The van der Waals surface area contributed by atoms with E-state index in [0.29, 0.717) is 10.5 Å². The largest absolute Gasteiger partial charge is 0.443 e. The number of Topliss-reactive ketones (excluding diaryl/α,β-unsaturated/α-hetero) is 1. The average Bonchev–Trinajstić information content (AvgIpc) is 3.22. The Morgan fingerprint density at radius 2 is 1.54 bits per heavy atom. The van der Waals surface area contributed by atoms with E-state index in [4.69, 9.17) is 23.3 Å². The molecule has 1 unspecified atom stereocenters. The Labute approximate surface area is 227 Å². The van der Waals surface area contributed by atoms with Gasteiger partial charge in [0.15, 0.2) is 22.8 Å². The number of anilines is 1. The zero-order valence-electron chi connectivity index (χ0n) is 23.7. The van der Waals surface area contributed by atoms with E-state index >= 15 is 0 Å². The lowest BCUT2D eigenvalue weighted by Crippen LogP contribution is -2.44. The first-order chi connectivity index (χ1) is 18.0. The summed E-state index contributed by atoms with van der Waals surface area (Å²) in [5, 5.41) is 0. The first-order valence-corrected chi connectivity index (χ1v) is 13.5. The summed E-state index contributed by atoms with van der Waals surface area (Å²) in [5.74, 6) is -1.97. The molecule has 2 rings (SSSR count). The second kappa shape index (κ2) is 12.8. The number of ketones is 1. The van der Waals surface area contributed by atoms with E-state index in [-0.39, 0.29) is 24.5 Å². The summed E-state index contributed by atoms with van der Waals surface area (Å²) < 4.78 is 40.1. The summed E-state index contributed by atoms with van der Waals surface area (Å²) >= 11 is 0. The van der Waals surface area contributed by atoms with Crippen molar-refractivity contribution in [2.24, 2.45) is 0 Å². The molecule has 0 bridgehead atoms. The molecule has 0 fully saturated rings. The van der Waals surface area contributed by atoms with Crippen molar-refractivity contribution in [1.82, 2.24) is 19.5 Å². The van der Waals surface area contributed by atoms with E-state index in [9.17, 15) is 18.9 Å². The third-order valence-corrected chi connectivity index (χ3v) is 6.81. The van der Waals surface area contributed by atoms with Crippen LogP contribution in [0.2, 0.25) is 0 Å². The second-order valence-corrected chi connectivity index (χ2v) is 12.5. The van der Waals surface area contributed by atoms with Crippen LogP contribution in [0.1, 0.15) is 48.5 Å².